The number of likely N-dealkylation sites (tertiary alicyclic amines) is 2. The van der Waals surface area contributed by atoms with Crippen LogP contribution in [0.1, 0.15) is 77.1 Å². The van der Waals surface area contributed by atoms with Crippen LogP contribution < -0.4 is 10.6 Å². The van der Waals surface area contributed by atoms with Gasteiger partial charge in [0.1, 0.15) is 23.7 Å². The summed E-state index contributed by atoms with van der Waals surface area (Å²) in [4.78, 5) is 71.5. The number of ether oxygens (including phenoxy) is 4. The van der Waals surface area contributed by atoms with Crippen LogP contribution in [0.25, 0.3) is 33.6 Å². The van der Waals surface area contributed by atoms with Gasteiger partial charge in [-0.05, 0) is 53.4 Å². The van der Waals surface area contributed by atoms with Gasteiger partial charge in [0, 0.05) is 13.0 Å². The second-order valence-electron chi connectivity index (χ2n) is 16.1. The van der Waals surface area contributed by atoms with E-state index in [0.29, 0.717) is 37.8 Å². The molecule has 16 nitrogen and oxygen atoms in total. The summed E-state index contributed by atoms with van der Waals surface area (Å²) in [6.45, 7) is 9.41. The highest BCUT2D eigenvalue weighted by Gasteiger charge is 2.52. The zero-order valence-electron chi connectivity index (χ0n) is 34.4. The van der Waals surface area contributed by atoms with E-state index in [0.717, 1.165) is 52.9 Å². The van der Waals surface area contributed by atoms with Crippen LogP contribution >= 0.6 is 0 Å². The summed E-state index contributed by atoms with van der Waals surface area (Å²) in [5, 5.41) is 5.39. The molecule has 2 aromatic heterocycles. The van der Waals surface area contributed by atoms with Gasteiger partial charge in [0.2, 0.25) is 11.8 Å². The van der Waals surface area contributed by atoms with Gasteiger partial charge in [0.05, 0.1) is 69.8 Å². The molecule has 59 heavy (non-hydrogen) atoms. The lowest BCUT2D eigenvalue weighted by molar-refractivity contribution is -0.257. The van der Waals surface area contributed by atoms with Gasteiger partial charge in [0.25, 0.3) is 0 Å². The van der Waals surface area contributed by atoms with Crippen molar-refractivity contribution in [3.05, 3.63) is 72.6 Å². The van der Waals surface area contributed by atoms with Gasteiger partial charge < -0.3 is 49.3 Å². The van der Waals surface area contributed by atoms with Crippen LogP contribution in [0, 0.1) is 11.8 Å². The number of alkyl carbamates (subject to hydrolysis) is 2. The summed E-state index contributed by atoms with van der Waals surface area (Å²) in [5.41, 5.74) is 5.60. The lowest BCUT2D eigenvalue weighted by Crippen LogP contribution is -2.52. The second kappa shape index (κ2) is 17.6. The highest BCUT2D eigenvalue weighted by atomic mass is 16.7. The average molecular weight is 811 g/mol. The molecule has 3 aliphatic rings. The van der Waals surface area contributed by atoms with Gasteiger partial charge >= 0.3 is 12.2 Å². The molecule has 3 saturated heterocycles. The molecule has 7 rings (SSSR count). The number of hydrogen-bond acceptors (Lipinski definition) is 10. The Balaban J connectivity index is 1.04. The van der Waals surface area contributed by atoms with E-state index in [4.69, 9.17) is 23.9 Å². The maximum Gasteiger partial charge on any atom is 0.407 e. The lowest BCUT2D eigenvalue weighted by atomic mass is 10.0. The van der Waals surface area contributed by atoms with Gasteiger partial charge in [-0.1, -0.05) is 76.2 Å². The summed E-state index contributed by atoms with van der Waals surface area (Å²) in [5.74, 6) is -0.343. The quantitative estimate of drug-likeness (QED) is 0.140. The molecule has 0 aliphatic carbocycles. The standard InChI is InChI=1S/C43H54N8O8/c1-25(2)35(48-41(54)56-5)39(52)50-18-7-9-33(50)37-44-22-31(46-37)29-14-10-27(11-15-29)28-12-16-30(17-13-28)32-23-45-38(47-32)34-21-43(58-19-8-20-59-43)24-51(34)40(53)36(26(3)4)49-42(55)57-6/h10-17,22-23,25-26,33-36H,7-9,18-21,24H2,1-6H3,(H,44,46)(H,45,47)(H,48,54)(H,49,55)/t33-,34?,35-,36-/m0/s1. The van der Waals surface area contributed by atoms with Crippen LogP contribution in [0.4, 0.5) is 9.59 Å². The fourth-order valence-corrected chi connectivity index (χ4v) is 8.20. The van der Waals surface area contributed by atoms with Crippen molar-refractivity contribution < 1.29 is 38.1 Å². The summed E-state index contributed by atoms with van der Waals surface area (Å²) in [6, 6.07) is 14.2. The molecule has 3 fully saturated rings. The number of nitrogens with one attached hydrogen (secondary N) is 4. The minimum Gasteiger partial charge on any atom is -0.453 e. The minimum absolute atomic E-state index is 0.113. The van der Waals surface area contributed by atoms with Crippen molar-refractivity contribution in [2.75, 3.05) is 40.5 Å². The van der Waals surface area contributed by atoms with E-state index in [1.165, 1.54) is 14.2 Å². The monoisotopic (exact) mass is 810 g/mol. The fraction of sp³-hybridized carbons (Fsp3) is 0.488. The summed E-state index contributed by atoms with van der Waals surface area (Å²) >= 11 is 0. The van der Waals surface area contributed by atoms with Gasteiger partial charge in [-0.25, -0.2) is 19.6 Å². The van der Waals surface area contributed by atoms with E-state index in [1.54, 1.807) is 22.2 Å². The lowest BCUT2D eigenvalue weighted by Gasteiger charge is -2.34. The Morgan fingerprint density at radius 2 is 1.15 bits per heavy atom. The maximum atomic E-state index is 14.0. The van der Waals surface area contributed by atoms with Gasteiger partial charge in [-0.2, -0.15) is 0 Å². The first kappa shape index (κ1) is 41.4. The Kier molecular flexibility index (Phi) is 12.4. The first-order chi connectivity index (χ1) is 28.4. The molecule has 314 valence electrons. The predicted molar refractivity (Wildman–Crippen MR) is 217 cm³/mol. The smallest absolute Gasteiger partial charge is 0.407 e. The second-order valence-corrected chi connectivity index (χ2v) is 16.1. The zero-order valence-corrected chi connectivity index (χ0v) is 34.4. The molecule has 2 aromatic carbocycles. The number of amides is 4. The normalized spacial score (nSPS) is 19.9. The van der Waals surface area contributed by atoms with Crippen molar-refractivity contribution >= 4 is 24.0 Å². The van der Waals surface area contributed by atoms with Crippen molar-refractivity contribution in [1.82, 2.24) is 40.4 Å². The van der Waals surface area contributed by atoms with Crippen LogP contribution in [0.3, 0.4) is 0 Å². The van der Waals surface area contributed by atoms with Crippen LogP contribution in [0.15, 0.2) is 60.9 Å². The molecule has 0 bridgehead atoms. The third-order valence-electron chi connectivity index (χ3n) is 11.5. The van der Waals surface area contributed by atoms with Gasteiger partial charge in [-0.3, -0.25) is 9.59 Å². The molecule has 4 aromatic rings. The van der Waals surface area contributed by atoms with Crippen molar-refractivity contribution in [1.29, 1.82) is 0 Å². The molecular weight excluding hydrogens is 757 g/mol. The summed E-state index contributed by atoms with van der Waals surface area (Å²) in [6.07, 6.45) is 5.05. The van der Waals surface area contributed by atoms with Crippen molar-refractivity contribution in [2.24, 2.45) is 11.8 Å². The van der Waals surface area contributed by atoms with Crippen molar-refractivity contribution in [3.8, 4) is 33.6 Å². The number of nitrogens with zero attached hydrogens (tertiary/aromatic N) is 4. The fourth-order valence-electron chi connectivity index (χ4n) is 8.20. The molecular formula is C43H54N8O8. The summed E-state index contributed by atoms with van der Waals surface area (Å²) in [7, 11) is 2.56. The number of aromatic nitrogens is 4. The SMILES string of the molecule is COC(=O)N[C@H](C(=O)N1CC2(CC1c1ncc(-c3ccc(-c4ccc(-c5cnc([C@@H]6CCCN6C(=O)[C@@H](NC(=O)OC)C(C)C)[nH]5)cc4)cc3)[nH]1)OCCCO2)C(C)C. The number of imidazole rings is 2. The molecule has 5 heterocycles. The van der Waals surface area contributed by atoms with E-state index in [9.17, 15) is 19.2 Å². The first-order valence-corrected chi connectivity index (χ1v) is 20.3. The Morgan fingerprint density at radius 1 is 0.695 bits per heavy atom. The highest BCUT2D eigenvalue weighted by molar-refractivity contribution is 5.87. The minimum atomic E-state index is -0.949. The van der Waals surface area contributed by atoms with Gasteiger partial charge in [0.15, 0.2) is 5.79 Å². The van der Waals surface area contributed by atoms with Crippen LogP contribution in [-0.2, 0) is 28.5 Å². The number of carbonyl (C=O) groups is 4. The molecule has 0 saturated carbocycles. The predicted octanol–water partition coefficient (Wildman–Crippen LogP) is 5.97. The Labute approximate surface area is 343 Å². The van der Waals surface area contributed by atoms with E-state index >= 15 is 0 Å². The average Bonchev–Trinajstić information content (AvgIpc) is 4.08. The number of carbonyl (C=O) groups excluding carboxylic acids is 4. The van der Waals surface area contributed by atoms with Crippen LogP contribution in [0.5, 0.6) is 0 Å². The van der Waals surface area contributed by atoms with Crippen molar-refractivity contribution in [2.45, 2.75) is 83.3 Å². The maximum absolute atomic E-state index is 14.0. The summed E-state index contributed by atoms with van der Waals surface area (Å²) < 4.78 is 21.8. The molecule has 1 unspecified atom stereocenters. The number of aromatic amines is 2. The molecule has 16 heteroatoms. The zero-order chi connectivity index (χ0) is 41.8. The molecule has 0 radical (unpaired) electrons. The van der Waals surface area contributed by atoms with E-state index in [-0.39, 0.29) is 36.2 Å². The number of hydrogen-bond donors (Lipinski definition) is 4. The molecule has 4 amide bonds. The topological polar surface area (TPSA) is 193 Å². The van der Waals surface area contributed by atoms with E-state index < -0.39 is 36.1 Å². The number of benzene rings is 2. The third-order valence-corrected chi connectivity index (χ3v) is 11.5. The molecule has 1 spiro atoms. The van der Waals surface area contributed by atoms with Crippen molar-refractivity contribution in [3.63, 3.8) is 0 Å². The Hall–Kier alpha value is -5.74. The molecule has 4 N–H and O–H groups in total. The van der Waals surface area contributed by atoms with Crippen LogP contribution in [-0.4, -0.2) is 112 Å². The van der Waals surface area contributed by atoms with E-state index in [1.807, 2.05) is 52.0 Å². The molecule has 4 atom stereocenters. The van der Waals surface area contributed by atoms with Gasteiger partial charge in [-0.15, -0.1) is 0 Å². The first-order valence-electron chi connectivity index (χ1n) is 20.3. The number of rotatable bonds is 11. The van der Waals surface area contributed by atoms with Crippen LogP contribution in [0.2, 0.25) is 0 Å². The Morgan fingerprint density at radius 3 is 1.63 bits per heavy atom. The molecule has 3 aliphatic heterocycles. The number of H-pyrrole nitrogens is 2. The highest BCUT2D eigenvalue weighted by Crippen LogP contribution is 2.42. The van der Waals surface area contributed by atoms with E-state index in [2.05, 4.69) is 49.9 Å². The largest absolute Gasteiger partial charge is 0.453 e. The number of methoxy groups -OCH3 is 2. The third kappa shape index (κ3) is 8.83. The Bertz CT molecular complexity index is 2110.